The van der Waals surface area contributed by atoms with Crippen LogP contribution in [0.5, 0.6) is 0 Å². The largest absolute Gasteiger partial charge is 0.483 e. The van der Waals surface area contributed by atoms with Crippen molar-refractivity contribution in [1.29, 1.82) is 0 Å². The van der Waals surface area contributed by atoms with Crippen molar-refractivity contribution in [3.8, 4) is 142 Å². The number of aromatic nitrogens is 6. The second-order valence-corrected chi connectivity index (χ2v) is 17.2. The number of hydrogen-bond acceptors (Lipinski definition) is 10. The monoisotopic (exact) mass is 1110 g/mol. The van der Waals surface area contributed by atoms with Crippen LogP contribution in [0.4, 0.5) is 0 Å². The molecule has 15 heteroatoms. The molecular formula is C69H58N8O7. The third kappa shape index (κ3) is 26.0. The molecule has 2 atom stereocenters. The van der Waals surface area contributed by atoms with Crippen molar-refractivity contribution in [3.05, 3.63) is 155 Å². The van der Waals surface area contributed by atoms with Crippen molar-refractivity contribution in [2.24, 2.45) is 5.73 Å². The highest BCUT2D eigenvalue weighted by molar-refractivity contribution is 5.92. The molecule has 2 aromatic carbocycles. The molecule has 0 unspecified atom stereocenters. The van der Waals surface area contributed by atoms with Gasteiger partial charge in [0.15, 0.2) is 0 Å². The molecule has 0 saturated carbocycles. The topological polar surface area (TPSA) is 210 Å². The number of carbonyl (C=O) groups excluding carboxylic acids is 1. The number of carboxylic acid groups (broad SMARTS) is 2. The zero-order valence-electron chi connectivity index (χ0n) is 46.9. The van der Waals surface area contributed by atoms with Gasteiger partial charge in [-0.15, -0.1) is 0 Å². The Bertz CT molecular complexity index is 3780. The van der Waals surface area contributed by atoms with E-state index in [-0.39, 0.29) is 24.2 Å². The van der Waals surface area contributed by atoms with Crippen molar-refractivity contribution in [2.45, 2.75) is 78.4 Å². The molecule has 2 aliphatic rings. The summed E-state index contributed by atoms with van der Waals surface area (Å²) in [7, 11) is 0. The number of nitrogens with two attached hydrogens (primary N) is 1. The Morgan fingerprint density at radius 3 is 1.30 bits per heavy atom. The number of nitrogens with zero attached hydrogens (tertiary/aromatic N) is 6. The molecule has 4 aromatic heterocycles. The minimum Gasteiger partial charge on any atom is -0.483 e. The first-order chi connectivity index (χ1) is 41.1. The number of aromatic carboxylic acids is 1. The van der Waals surface area contributed by atoms with Crippen LogP contribution < -0.4 is 11.1 Å². The number of amides is 1. The van der Waals surface area contributed by atoms with Gasteiger partial charge >= 0.3 is 5.97 Å². The number of ether oxygens (including phenoxy) is 2. The second-order valence-electron chi connectivity index (χ2n) is 17.2. The van der Waals surface area contributed by atoms with Crippen molar-refractivity contribution >= 4 is 18.3 Å². The SMILES string of the molecule is CC#CC#CC#CC#CC#CC#CC#CC#CC#CC#CC#CC.Cc1cnc(C(=O)NC[C@@H]2CCCO2)cc1Cc1ccc(-n2cccn2)cc1.Cc1cnc(C(=O)O)cc1Cc1ccc(-n2cccn2)cc1.NC[C@@H]1CCCO1.O=CO. The molecule has 0 radical (unpaired) electrons. The average Bonchev–Trinajstić information content (AvgIpc) is 4.42. The fraction of sp³-hybridized carbons (Fsp3) is 0.232. The Labute approximate surface area is 492 Å². The van der Waals surface area contributed by atoms with Gasteiger partial charge in [-0.3, -0.25) is 14.6 Å². The standard InChI is InChI=1S/C24H6.C22H24N4O2.C17H15N3O2.C5H11NO.CH2O2/c1-3-5-7-9-11-13-15-17-19-21-23-24-22-20-18-16-14-12-10-8-6-4-2;1-16-14-23-21(22(27)24-15-20-4-2-11-28-20)13-18(16)12-17-5-7-19(8-6-17)26-10-3-9-25-26;1-12-11-18-16(17(21)22)10-14(12)9-13-3-5-15(6-4-13)20-8-2-7-19-20;6-4-5-2-1-3-7-5;2-1-3/h1-2H3;3,5-10,13-14,20H,2,4,11-12,15H2,1H3,(H,24,27);2-8,10-11H,9H2,1H3,(H,21,22);5H,1-4,6H2;1H,(H,2,3)/t;20-;;5-;/m.0.0./s1. The molecule has 0 bridgehead atoms. The van der Waals surface area contributed by atoms with Gasteiger partial charge in [-0.05, 0) is 243 Å². The molecular weight excluding hydrogens is 1050 g/mol. The predicted molar refractivity (Wildman–Crippen MR) is 323 cm³/mol. The van der Waals surface area contributed by atoms with Crippen molar-refractivity contribution in [2.75, 3.05) is 26.3 Å². The van der Waals surface area contributed by atoms with Crippen LogP contribution in [-0.2, 0) is 27.1 Å². The number of nitrogens with one attached hydrogen (secondary N) is 1. The fourth-order valence-electron chi connectivity index (χ4n) is 7.19. The van der Waals surface area contributed by atoms with Crippen LogP contribution in [0.15, 0.2) is 110 Å². The molecule has 6 aromatic rings. The molecule has 2 saturated heterocycles. The maximum absolute atomic E-state index is 12.5. The first-order valence-corrected chi connectivity index (χ1v) is 26.0. The first kappa shape index (κ1) is 65.1. The minimum atomic E-state index is -1.00. The lowest BCUT2D eigenvalue weighted by Crippen LogP contribution is -2.32. The highest BCUT2D eigenvalue weighted by Gasteiger charge is 2.18. The van der Waals surface area contributed by atoms with E-state index in [0.29, 0.717) is 31.3 Å². The Balaban J connectivity index is 0.000000250. The summed E-state index contributed by atoms with van der Waals surface area (Å²) in [4.78, 5) is 40.1. The highest BCUT2D eigenvalue weighted by Crippen LogP contribution is 2.19. The summed E-state index contributed by atoms with van der Waals surface area (Å²) in [6, 6.07) is 23.6. The van der Waals surface area contributed by atoms with Gasteiger partial charge in [0.2, 0.25) is 0 Å². The van der Waals surface area contributed by atoms with E-state index in [1.54, 1.807) is 49.4 Å². The molecule has 8 rings (SSSR count). The quantitative estimate of drug-likeness (QED) is 0.0778. The van der Waals surface area contributed by atoms with Gasteiger partial charge in [0.05, 0.1) is 23.6 Å². The van der Waals surface area contributed by atoms with Crippen LogP contribution in [0.1, 0.15) is 93.9 Å². The summed E-state index contributed by atoms with van der Waals surface area (Å²) in [5.41, 5.74) is 14.3. The van der Waals surface area contributed by atoms with Gasteiger partial charge in [-0.2, -0.15) is 10.2 Å². The zero-order valence-corrected chi connectivity index (χ0v) is 46.9. The first-order valence-electron chi connectivity index (χ1n) is 26.0. The van der Waals surface area contributed by atoms with Gasteiger partial charge in [0, 0.05) is 87.2 Å². The summed E-state index contributed by atoms with van der Waals surface area (Å²) in [5, 5.41) is 27.3. The van der Waals surface area contributed by atoms with E-state index in [4.69, 9.17) is 30.2 Å². The molecule has 1 amide bonds. The molecule has 0 spiro atoms. The molecule has 2 aliphatic heterocycles. The van der Waals surface area contributed by atoms with Crippen LogP contribution >= 0.6 is 0 Å². The van der Waals surface area contributed by atoms with E-state index in [2.05, 4.69) is 168 Å². The molecule has 6 heterocycles. The summed E-state index contributed by atoms with van der Waals surface area (Å²) in [5.74, 6) is 54.5. The summed E-state index contributed by atoms with van der Waals surface area (Å²) in [6.07, 6.45) is 17.0. The number of carbonyl (C=O) groups is 3. The lowest BCUT2D eigenvalue weighted by atomic mass is 10.0. The molecule has 15 nitrogen and oxygen atoms in total. The minimum absolute atomic E-state index is 0.0776. The van der Waals surface area contributed by atoms with Gasteiger partial charge in [-0.25, -0.2) is 19.1 Å². The van der Waals surface area contributed by atoms with E-state index in [9.17, 15) is 9.59 Å². The number of hydrogen-bond donors (Lipinski definition) is 4. The maximum Gasteiger partial charge on any atom is 0.354 e. The van der Waals surface area contributed by atoms with Gasteiger partial charge in [0.1, 0.15) is 11.4 Å². The van der Waals surface area contributed by atoms with Crippen LogP contribution in [-0.4, -0.2) is 96.6 Å². The Hall–Kier alpha value is -11.4. The molecule has 2 fully saturated rings. The second kappa shape index (κ2) is 39.9. The van der Waals surface area contributed by atoms with Crippen molar-refractivity contribution in [3.63, 3.8) is 0 Å². The van der Waals surface area contributed by atoms with Gasteiger partial charge < -0.3 is 30.7 Å². The number of benzene rings is 2. The summed E-state index contributed by atoms with van der Waals surface area (Å²) < 4.78 is 14.4. The number of aryl methyl sites for hydroxylation is 2. The normalized spacial score (nSPS) is 12.1. The fourth-order valence-corrected chi connectivity index (χ4v) is 7.19. The van der Waals surface area contributed by atoms with E-state index < -0.39 is 5.97 Å². The maximum atomic E-state index is 12.5. The Kier molecular flexibility index (Phi) is 30.9. The summed E-state index contributed by atoms with van der Waals surface area (Å²) in [6.45, 7) is 10.0. The Morgan fingerprint density at radius 1 is 0.607 bits per heavy atom. The van der Waals surface area contributed by atoms with Crippen molar-refractivity contribution < 1.29 is 34.1 Å². The van der Waals surface area contributed by atoms with E-state index in [0.717, 1.165) is 78.1 Å². The zero-order chi connectivity index (χ0) is 60.2. The lowest BCUT2D eigenvalue weighted by Gasteiger charge is -2.12. The molecule has 416 valence electrons. The molecule has 84 heavy (non-hydrogen) atoms. The van der Waals surface area contributed by atoms with Crippen LogP contribution in [0.25, 0.3) is 11.4 Å². The number of pyridine rings is 2. The van der Waals surface area contributed by atoms with E-state index in [1.165, 1.54) is 12.0 Å². The van der Waals surface area contributed by atoms with Gasteiger partial charge in [-0.1, -0.05) is 36.1 Å². The van der Waals surface area contributed by atoms with E-state index >= 15 is 0 Å². The van der Waals surface area contributed by atoms with E-state index in [1.807, 2.05) is 85.5 Å². The van der Waals surface area contributed by atoms with Crippen LogP contribution in [0, 0.1) is 144 Å². The predicted octanol–water partition coefficient (Wildman–Crippen LogP) is 6.83. The van der Waals surface area contributed by atoms with Crippen LogP contribution in [0.3, 0.4) is 0 Å². The number of carboxylic acids is 1. The lowest BCUT2D eigenvalue weighted by molar-refractivity contribution is -0.122. The van der Waals surface area contributed by atoms with Crippen molar-refractivity contribution in [1.82, 2.24) is 34.8 Å². The highest BCUT2D eigenvalue weighted by atomic mass is 16.5. The third-order valence-electron chi connectivity index (χ3n) is 11.3. The average molecular weight is 1110 g/mol. The third-order valence-corrected chi connectivity index (χ3v) is 11.3. The van der Waals surface area contributed by atoms with Crippen LogP contribution in [0.2, 0.25) is 0 Å². The smallest absolute Gasteiger partial charge is 0.354 e. The Morgan fingerprint density at radius 2 is 0.976 bits per heavy atom. The number of rotatable bonds is 11. The molecule has 5 N–H and O–H groups in total. The van der Waals surface area contributed by atoms with Gasteiger partial charge in [0.25, 0.3) is 12.4 Å². The molecule has 0 aliphatic carbocycles. The summed E-state index contributed by atoms with van der Waals surface area (Å²) >= 11 is 0.